The molecule has 1 heterocycles. The summed E-state index contributed by atoms with van der Waals surface area (Å²) in [4.78, 5) is 27.1. The van der Waals surface area contributed by atoms with Crippen LogP contribution in [0.3, 0.4) is 0 Å². The normalized spacial score (nSPS) is 10.9. The third-order valence-electron chi connectivity index (χ3n) is 3.86. The molecule has 6 heteroatoms. The van der Waals surface area contributed by atoms with E-state index in [1.165, 1.54) is 29.1 Å². The summed E-state index contributed by atoms with van der Waals surface area (Å²) in [6.07, 6.45) is 1.44. The Morgan fingerprint density at radius 2 is 1.96 bits per heavy atom. The third kappa shape index (κ3) is 2.83. The molecule has 0 radical (unpaired) electrons. The molecule has 1 aromatic heterocycles. The largest absolute Gasteiger partial charge is 0.294 e. The van der Waals surface area contributed by atoms with Crippen LogP contribution in [-0.2, 0) is 6.54 Å². The number of nitro groups is 1. The van der Waals surface area contributed by atoms with Crippen molar-refractivity contribution in [3.63, 3.8) is 0 Å². The monoisotopic (exact) mass is 309 g/mol. The Balaban J connectivity index is 2.07. The molecule has 6 nitrogen and oxygen atoms in total. The zero-order chi connectivity index (χ0) is 16.6. The molecule has 0 saturated heterocycles. The highest BCUT2D eigenvalue weighted by Gasteiger charge is 2.11. The number of hydrogen-bond donors (Lipinski definition) is 0. The molecule has 3 rings (SSSR count). The number of rotatable bonds is 3. The van der Waals surface area contributed by atoms with Gasteiger partial charge in [0.2, 0.25) is 0 Å². The Bertz CT molecular complexity index is 976. The van der Waals surface area contributed by atoms with E-state index in [0.29, 0.717) is 17.4 Å². The molecule has 0 aliphatic carbocycles. The molecule has 3 aromatic rings. The molecule has 0 atom stereocenters. The standard InChI is InChI=1S/C17H15N3O3/c1-11-3-4-12(2)13(7-11)9-19-10-18-16-8-14(20(22)23)5-6-15(16)17(19)21/h3-8,10H,9H2,1-2H3. The fourth-order valence-electron chi connectivity index (χ4n) is 2.53. The average Bonchev–Trinajstić information content (AvgIpc) is 2.53. The molecular formula is C17H15N3O3. The van der Waals surface area contributed by atoms with Crippen molar-refractivity contribution in [2.24, 2.45) is 0 Å². The van der Waals surface area contributed by atoms with E-state index in [-0.39, 0.29) is 11.2 Å². The van der Waals surface area contributed by atoms with Crippen LogP contribution < -0.4 is 5.56 Å². The van der Waals surface area contributed by atoms with Crippen molar-refractivity contribution in [1.82, 2.24) is 9.55 Å². The van der Waals surface area contributed by atoms with Crippen molar-refractivity contribution in [3.05, 3.63) is 79.9 Å². The second kappa shape index (κ2) is 5.64. The highest BCUT2D eigenvalue weighted by molar-refractivity contribution is 5.79. The van der Waals surface area contributed by atoms with Gasteiger partial charge in [-0.3, -0.25) is 19.5 Å². The van der Waals surface area contributed by atoms with Crippen molar-refractivity contribution in [2.45, 2.75) is 20.4 Å². The highest BCUT2D eigenvalue weighted by Crippen LogP contribution is 2.17. The maximum Gasteiger partial charge on any atom is 0.271 e. The van der Waals surface area contributed by atoms with Gasteiger partial charge in [-0.1, -0.05) is 23.8 Å². The van der Waals surface area contributed by atoms with Gasteiger partial charge >= 0.3 is 0 Å². The van der Waals surface area contributed by atoms with E-state index in [4.69, 9.17) is 0 Å². The van der Waals surface area contributed by atoms with Crippen LogP contribution in [0.25, 0.3) is 10.9 Å². The summed E-state index contributed by atoms with van der Waals surface area (Å²) in [7, 11) is 0. The van der Waals surface area contributed by atoms with E-state index >= 15 is 0 Å². The van der Waals surface area contributed by atoms with Crippen LogP contribution in [0.4, 0.5) is 5.69 Å². The molecule has 0 unspecified atom stereocenters. The Kier molecular flexibility index (Phi) is 3.65. The molecule has 23 heavy (non-hydrogen) atoms. The Hall–Kier alpha value is -3.02. The van der Waals surface area contributed by atoms with Crippen LogP contribution in [0.5, 0.6) is 0 Å². The molecule has 0 aliphatic rings. The fourth-order valence-corrected chi connectivity index (χ4v) is 2.53. The van der Waals surface area contributed by atoms with E-state index in [9.17, 15) is 14.9 Å². The lowest BCUT2D eigenvalue weighted by Gasteiger charge is -2.10. The minimum absolute atomic E-state index is 0.0725. The maximum atomic E-state index is 12.6. The van der Waals surface area contributed by atoms with E-state index in [1.54, 1.807) is 0 Å². The number of fused-ring (bicyclic) bond motifs is 1. The third-order valence-corrected chi connectivity index (χ3v) is 3.86. The lowest BCUT2D eigenvalue weighted by Crippen LogP contribution is -2.21. The minimum Gasteiger partial charge on any atom is -0.294 e. The van der Waals surface area contributed by atoms with Crippen LogP contribution in [0.1, 0.15) is 16.7 Å². The molecule has 0 amide bonds. The second-order valence-electron chi connectivity index (χ2n) is 5.57. The van der Waals surface area contributed by atoms with E-state index in [1.807, 2.05) is 32.0 Å². The summed E-state index contributed by atoms with van der Waals surface area (Å²) < 4.78 is 1.52. The van der Waals surface area contributed by atoms with Crippen LogP contribution in [0, 0.1) is 24.0 Å². The van der Waals surface area contributed by atoms with Gasteiger partial charge in [0.1, 0.15) is 0 Å². The van der Waals surface area contributed by atoms with Gasteiger partial charge in [-0.05, 0) is 31.0 Å². The van der Waals surface area contributed by atoms with Crippen molar-refractivity contribution in [1.29, 1.82) is 0 Å². The summed E-state index contributed by atoms with van der Waals surface area (Å²) >= 11 is 0. The topological polar surface area (TPSA) is 78.0 Å². The Morgan fingerprint density at radius 3 is 2.70 bits per heavy atom. The number of benzene rings is 2. The molecule has 0 aliphatic heterocycles. The highest BCUT2D eigenvalue weighted by atomic mass is 16.6. The first kappa shape index (κ1) is 14.9. The van der Waals surface area contributed by atoms with E-state index in [2.05, 4.69) is 4.98 Å². The predicted molar refractivity (Wildman–Crippen MR) is 87.7 cm³/mol. The number of nitro benzene ring substituents is 1. The second-order valence-corrected chi connectivity index (χ2v) is 5.57. The summed E-state index contributed by atoms with van der Waals surface area (Å²) in [5.41, 5.74) is 3.34. The number of non-ortho nitro benzene ring substituents is 1. The quantitative estimate of drug-likeness (QED) is 0.550. The zero-order valence-corrected chi connectivity index (χ0v) is 12.8. The molecular weight excluding hydrogens is 294 g/mol. The molecule has 0 N–H and O–H groups in total. The number of aromatic nitrogens is 2. The van der Waals surface area contributed by atoms with Gasteiger partial charge < -0.3 is 0 Å². The number of aryl methyl sites for hydroxylation is 2. The van der Waals surface area contributed by atoms with Gasteiger partial charge in [0.25, 0.3) is 11.2 Å². The summed E-state index contributed by atoms with van der Waals surface area (Å²) in [5.74, 6) is 0. The van der Waals surface area contributed by atoms with Crippen molar-refractivity contribution in [2.75, 3.05) is 0 Å². The van der Waals surface area contributed by atoms with Gasteiger partial charge in [0.05, 0.1) is 28.7 Å². The van der Waals surface area contributed by atoms with Crippen LogP contribution in [-0.4, -0.2) is 14.5 Å². The van der Waals surface area contributed by atoms with Gasteiger partial charge in [-0.2, -0.15) is 0 Å². The molecule has 0 bridgehead atoms. The Morgan fingerprint density at radius 1 is 1.17 bits per heavy atom. The van der Waals surface area contributed by atoms with Crippen LogP contribution >= 0.6 is 0 Å². The molecule has 0 saturated carbocycles. The SMILES string of the molecule is Cc1ccc(C)c(Cn2cnc3cc([N+](=O)[O-])ccc3c2=O)c1. The van der Waals surface area contributed by atoms with Crippen molar-refractivity contribution < 1.29 is 4.92 Å². The molecule has 0 spiro atoms. The summed E-state index contributed by atoms with van der Waals surface area (Å²) in [6, 6.07) is 10.2. The first-order valence-electron chi connectivity index (χ1n) is 7.15. The van der Waals surface area contributed by atoms with Gasteiger partial charge in [-0.25, -0.2) is 4.98 Å². The smallest absolute Gasteiger partial charge is 0.271 e. The van der Waals surface area contributed by atoms with E-state index < -0.39 is 4.92 Å². The average molecular weight is 309 g/mol. The first-order chi connectivity index (χ1) is 11.0. The minimum atomic E-state index is -0.497. The number of nitrogens with zero attached hydrogens (tertiary/aromatic N) is 3. The summed E-state index contributed by atoms with van der Waals surface area (Å²) in [5, 5.41) is 11.2. The molecule has 2 aromatic carbocycles. The predicted octanol–water partition coefficient (Wildman–Crippen LogP) is 2.97. The number of hydrogen-bond acceptors (Lipinski definition) is 4. The zero-order valence-electron chi connectivity index (χ0n) is 12.8. The first-order valence-corrected chi connectivity index (χ1v) is 7.15. The van der Waals surface area contributed by atoms with Gasteiger partial charge in [0.15, 0.2) is 0 Å². The van der Waals surface area contributed by atoms with Gasteiger partial charge in [0, 0.05) is 12.1 Å². The van der Waals surface area contributed by atoms with Gasteiger partial charge in [-0.15, -0.1) is 0 Å². The fraction of sp³-hybridized carbons (Fsp3) is 0.176. The maximum absolute atomic E-state index is 12.6. The lowest BCUT2D eigenvalue weighted by molar-refractivity contribution is -0.384. The molecule has 0 fully saturated rings. The summed E-state index contributed by atoms with van der Waals surface area (Å²) in [6.45, 7) is 4.42. The van der Waals surface area contributed by atoms with Crippen molar-refractivity contribution in [3.8, 4) is 0 Å². The van der Waals surface area contributed by atoms with E-state index in [0.717, 1.165) is 16.7 Å². The van der Waals surface area contributed by atoms with Crippen LogP contribution in [0.15, 0.2) is 47.5 Å². The molecule has 116 valence electrons. The Labute approximate surface area is 132 Å². The van der Waals surface area contributed by atoms with Crippen LogP contribution in [0.2, 0.25) is 0 Å². The lowest BCUT2D eigenvalue weighted by atomic mass is 10.1. The van der Waals surface area contributed by atoms with Crippen molar-refractivity contribution >= 4 is 16.6 Å².